The van der Waals surface area contributed by atoms with Gasteiger partial charge in [-0.25, -0.2) is 0 Å². The summed E-state index contributed by atoms with van der Waals surface area (Å²) in [4.78, 5) is 1.21. The summed E-state index contributed by atoms with van der Waals surface area (Å²) in [6.45, 7) is 0. The number of rotatable bonds is 0. The number of hydrogen-bond acceptors (Lipinski definition) is 4. The topological polar surface area (TPSA) is 12.0 Å². The first-order chi connectivity index (χ1) is 5.17. The minimum Gasteiger partial charge on any atom is -0.353 e. The van der Waals surface area contributed by atoms with Gasteiger partial charge in [0.15, 0.2) is 3.54 Å². The quantitative estimate of drug-likeness (QED) is 0.441. The molecule has 11 heavy (non-hydrogen) atoms. The van der Waals surface area contributed by atoms with Gasteiger partial charge in [0.05, 0.1) is 5.69 Å². The zero-order valence-corrected chi connectivity index (χ0v) is 8.22. The highest BCUT2D eigenvalue weighted by molar-refractivity contribution is 8.24. The van der Waals surface area contributed by atoms with Crippen molar-refractivity contribution in [2.45, 2.75) is 8.43 Å². The number of nitrogens with one attached hydrogen (secondary N) is 1. The third-order valence-corrected chi connectivity index (χ3v) is 3.17. The molecule has 1 aromatic rings. The molecule has 4 heteroatoms. The van der Waals surface area contributed by atoms with Crippen molar-refractivity contribution in [3.05, 3.63) is 24.3 Å². The van der Waals surface area contributed by atoms with Crippen molar-refractivity contribution in [3.8, 4) is 0 Å². The molecule has 1 heterocycles. The largest absolute Gasteiger partial charge is 0.353 e. The Balaban J connectivity index is 2.41. The summed E-state index contributed by atoms with van der Waals surface area (Å²) in [5, 5.41) is 3.17. The van der Waals surface area contributed by atoms with Gasteiger partial charge in [-0.1, -0.05) is 23.9 Å². The molecular formula is C7H7NS3. The van der Waals surface area contributed by atoms with Gasteiger partial charge in [-0.05, 0) is 12.1 Å². The molecular weight excluding hydrogens is 194 g/mol. The molecule has 1 aromatic carbocycles. The van der Waals surface area contributed by atoms with Crippen molar-refractivity contribution in [1.29, 1.82) is 0 Å². The number of hydrogen-bond donors (Lipinski definition) is 3. The second-order valence-corrected chi connectivity index (χ2v) is 5.89. The standard InChI is InChI=1S/C7H7NS3/c9-7(10)8-5-3-1-2-4-6(5)11-7/h1-4,8-10H. The molecule has 0 saturated carbocycles. The third kappa shape index (κ3) is 1.48. The SMILES string of the molecule is SC1(S)Nc2ccccc2S1. The van der Waals surface area contributed by atoms with Crippen LogP contribution in [0.5, 0.6) is 0 Å². The Morgan fingerprint density at radius 3 is 2.73 bits per heavy atom. The molecule has 1 nitrogen and oxygen atoms in total. The summed E-state index contributed by atoms with van der Waals surface area (Å²) in [6, 6.07) is 8.09. The molecule has 0 aromatic heterocycles. The summed E-state index contributed by atoms with van der Waals surface area (Å²) in [6.07, 6.45) is 0. The van der Waals surface area contributed by atoms with Gasteiger partial charge in [-0.2, -0.15) is 0 Å². The first kappa shape index (κ1) is 7.71. The Labute approximate surface area is 80.8 Å². The van der Waals surface area contributed by atoms with Crippen LogP contribution in [0.3, 0.4) is 0 Å². The molecule has 58 valence electrons. The first-order valence-corrected chi connectivity index (χ1v) is 4.89. The van der Waals surface area contributed by atoms with Gasteiger partial charge < -0.3 is 5.32 Å². The smallest absolute Gasteiger partial charge is 0.177 e. The molecule has 0 amide bonds. The van der Waals surface area contributed by atoms with Gasteiger partial charge >= 0.3 is 0 Å². The molecule has 0 spiro atoms. The number of benzene rings is 1. The van der Waals surface area contributed by atoms with Crippen LogP contribution >= 0.6 is 37.0 Å². The van der Waals surface area contributed by atoms with Crippen LogP contribution in [0.15, 0.2) is 29.2 Å². The molecule has 0 atom stereocenters. The Bertz CT molecular complexity index is 258. The molecule has 0 fully saturated rings. The number of thioether (sulfide) groups is 1. The first-order valence-electron chi connectivity index (χ1n) is 3.18. The fraction of sp³-hybridized carbons (Fsp3) is 0.143. The zero-order valence-electron chi connectivity index (χ0n) is 5.61. The second kappa shape index (κ2) is 2.54. The highest BCUT2D eigenvalue weighted by Crippen LogP contribution is 2.49. The lowest BCUT2D eigenvalue weighted by Crippen LogP contribution is -2.13. The van der Waals surface area contributed by atoms with Crippen molar-refractivity contribution in [3.63, 3.8) is 0 Å². The van der Waals surface area contributed by atoms with Crippen LogP contribution in [0, 0.1) is 0 Å². The third-order valence-electron chi connectivity index (χ3n) is 1.44. The summed E-state index contributed by atoms with van der Waals surface area (Å²) in [5.74, 6) is 0. The maximum absolute atomic E-state index is 4.31. The van der Waals surface area contributed by atoms with Crippen LogP contribution in [0.25, 0.3) is 0 Å². The van der Waals surface area contributed by atoms with Gasteiger partial charge in [-0.15, -0.1) is 25.3 Å². The van der Waals surface area contributed by atoms with Crippen molar-refractivity contribution < 1.29 is 0 Å². The number of thiol groups is 2. The molecule has 1 aliphatic heterocycles. The van der Waals surface area contributed by atoms with E-state index >= 15 is 0 Å². The normalized spacial score (nSPS) is 19.1. The van der Waals surface area contributed by atoms with E-state index in [1.54, 1.807) is 11.8 Å². The van der Waals surface area contributed by atoms with Crippen LogP contribution in [0.2, 0.25) is 0 Å². The maximum Gasteiger partial charge on any atom is 0.177 e. The van der Waals surface area contributed by atoms with Crippen molar-refractivity contribution in [1.82, 2.24) is 0 Å². The van der Waals surface area contributed by atoms with E-state index in [0.29, 0.717) is 0 Å². The van der Waals surface area contributed by atoms with Gasteiger partial charge in [0.25, 0.3) is 0 Å². The Hall–Kier alpha value is 0.0700. The van der Waals surface area contributed by atoms with E-state index in [0.717, 1.165) is 5.69 Å². The van der Waals surface area contributed by atoms with Crippen LogP contribution in [-0.2, 0) is 0 Å². The molecule has 0 unspecified atom stereocenters. The van der Waals surface area contributed by atoms with E-state index in [-0.39, 0.29) is 0 Å². The lowest BCUT2D eigenvalue weighted by atomic mass is 10.3. The summed E-state index contributed by atoms with van der Waals surface area (Å²) in [5.41, 5.74) is 1.11. The number of fused-ring (bicyclic) bond motifs is 1. The predicted molar refractivity (Wildman–Crippen MR) is 56.6 cm³/mol. The van der Waals surface area contributed by atoms with E-state index in [1.807, 2.05) is 18.2 Å². The number of anilines is 1. The molecule has 2 rings (SSSR count). The molecule has 0 bridgehead atoms. The second-order valence-electron chi connectivity index (χ2n) is 2.33. The summed E-state index contributed by atoms with van der Waals surface area (Å²) < 4.78 is -0.441. The van der Waals surface area contributed by atoms with Crippen LogP contribution < -0.4 is 5.32 Å². The van der Waals surface area contributed by atoms with Gasteiger partial charge in [0.1, 0.15) is 0 Å². The average Bonchev–Trinajstić information content (AvgIpc) is 2.21. The van der Waals surface area contributed by atoms with Gasteiger partial charge in [-0.3, -0.25) is 0 Å². The Morgan fingerprint density at radius 1 is 1.27 bits per heavy atom. The Kier molecular flexibility index (Phi) is 1.78. The van der Waals surface area contributed by atoms with E-state index in [4.69, 9.17) is 0 Å². The van der Waals surface area contributed by atoms with Crippen LogP contribution in [0.1, 0.15) is 0 Å². The summed E-state index contributed by atoms with van der Waals surface area (Å²) >= 11 is 10.2. The molecule has 1 aliphatic rings. The Morgan fingerprint density at radius 2 is 2.00 bits per heavy atom. The minimum absolute atomic E-state index is 0.441. The molecule has 0 aliphatic carbocycles. The fourth-order valence-corrected chi connectivity index (χ4v) is 2.69. The predicted octanol–water partition coefficient (Wildman–Crippen LogP) is 2.68. The average molecular weight is 201 g/mol. The molecule has 1 N–H and O–H groups in total. The fourth-order valence-electron chi connectivity index (χ4n) is 1.01. The maximum atomic E-state index is 4.31. The van der Waals surface area contributed by atoms with Crippen molar-refractivity contribution >= 4 is 42.7 Å². The highest BCUT2D eigenvalue weighted by Gasteiger charge is 2.29. The highest BCUT2D eigenvalue weighted by atomic mass is 32.2. The van der Waals surface area contributed by atoms with E-state index in [9.17, 15) is 0 Å². The lowest BCUT2D eigenvalue weighted by Gasteiger charge is -2.13. The minimum atomic E-state index is -0.441. The van der Waals surface area contributed by atoms with Crippen LogP contribution in [0.4, 0.5) is 5.69 Å². The lowest BCUT2D eigenvalue weighted by molar-refractivity contribution is 1.35. The van der Waals surface area contributed by atoms with E-state index in [2.05, 4.69) is 36.6 Å². The van der Waals surface area contributed by atoms with Crippen molar-refractivity contribution in [2.75, 3.05) is 5.32 Å². The number of para-hydroxylation sites is 1. The van der Waals surface area contributed by atoms with E-state index in [1.165, 1.54) is 4.90 Å². The summed E-state index contributed by atoms with van der Waals surface area (Å²) in [7, 11) is 0. The monoisotopic (exact) mass is 201 g/mol. The van der Waals surface area contributed by atoms with Crippen LogP contribution in [-0.4, -0.2) is 3.54 Å². The van der Waals surface area contributed by atoms with E-state index < -0.39 is 3.54 Å². The van der Waals surface area contributed by atoms with Gasteiger partial charge in [0.2, 0.25) is 0 Å². The van der Waals surface area contributed by atoms with Crippen molar-refractivity contribution in [2.24, 2.45) is 0 Å². The zero-order chi connectivity index (χ0) is 7.90. The molecule has 0 radical (unpaired) electrons. The van der Waals surface area contributed by atoms with Gasteiger partial charge in [0, 0.05) is 4.90 Å². The molecule has 0 saturated heterocycles.